The van der Waals surface area contributed by atoms with E-state index in [1.807, 2.05) is 43.4 Å². The number of nitrogens with one attached hydrogen (secondary N) is 1. The second-order valence-corrected chi connectivity index (χ2v) is 6.11. The van der Waals surface area contributed by atoms with Gasteiger partial charge in [-0.05, 0) is 60.7 Å². The van der Waals surface area contributed by atoms with Gasteiger partial charge in [-0.15, -0.1) is 0 Å². The van der Waals surface area contributed by atoms with Gasteiger partial charge in [0.15, 0.2) is 0 Å². The molecule has 2 aromatic carbocycles. The van der Waals surface area contributed by atoms with E-state index < -0.39 is 0 Å². The minimum absolute atomic E-state index is 0.0859. The van der Waals surface area contributed by atoms with E-state index in [-0.39, 0.29) is 5.91 Å². The third-order valence-electron chi connectivity index (χ3n) is 4.25. The van der Waals surface area contributed by atoms with Crippen LogP contribution in [0.1, 0.15) is 34.7 Å². The average molecular weight is 309 g/mol. The molecule has 23 heavy (non-hydrogen) atoms. The van der Waals surface area contributed by atoms with Crippen LogP contribution >= 0.6 is 0 Å². The first-order chi connectivity index (χ1) is 11.2. The lowest BCUT2D eigenvalue weighted by Gasteiger charge is -2.18. The van der Waals surface area contributed by atoms with Crippen molar-refractivity contribution >= 4 is 17.3 Å². The summed E-state index contributed by atoms with van der Waals surface area (Å²) in [4.78, 5) is 14.4. The third-order valence-corrected chi connectivity index (χ3v) is 4.25. The molecule has 120 valence electrons. The van der Waals surface area contributed by atoms with Gasteiger partial charge in [-0.1, -0.05) is 12.1 Å². The van der Waals surface area contributed by atoms with E-state index in [0.717, 1.165) is 23.8 Å². The van der Waals surface area contributed by atoms with E-state index in [4.69, 9.17) is 5.73 Å². The predicted molar refractivity (Wildman–Crippen MR) is 95.1 cm³/mol. The number of benzene rings is 2. The molecule has 0 unspecified atom stereocenters. The SMILES string of the molecule is CN(CCN)c1ccc(C(=O)Nc2ccc(C3CC3)cc2)cc1. The number of hydrogen-bond donors (Lipinski definition) is 2. The van der Waals surface area contributed by atoms with Crippen molar-refractivity contribution in [2.75, 3.05) is 30.4 Å². The highest BCUT2D eigenvalue weighted by Gasteiger charge is 2.23. The molecular formula is C19H23N3O. The van der Waals surface area contributed by atoms with E-state index in [9.17, 15) is 4.79 Å². The Morgan fingerprint density at radius 2 is 1.78 bits per heavy atom. The van der Waals surface area contributed by atoms with Gasteiger partial charge in [-0.2, -0.15) is 0 Å². The maximum atomic E-state index is 12.3. The van der Waals surface area contributed by atoms with Gasteiger partial charge in [0.2, 0.25) is 0 Å². The summed E-state index contributed by atoms with van der Waals surface area (Å²) in [5.74, 6) is 0.648. The van der Waals surface area contributed by atoms with Gasteiger partial charge in [0.05, 0.1) is 0 Å². The number of amides is 1. The second kappa shape index (κ2) is 6.84. The molecule has 1 aliphatic rings. The standard InChI is InChI=1S/C19H23N3O/c1-22(13-12-20)18-10-6-16(7-11-18)19(23)21-17-8-4-15(5-9-17)14-2-3-14/h4-11,14H,2-3,12-13,20H2,1H3,(H,21,23). The Balaban J connectivity index is 1.63. The maximum absolute atomic E-state index is 12.3. The molecule has 0 atom stereocenters. The van der Waals surface area contributed by atoms with Crippen LogP contribution in [0.3, 0.4) is 0 Å². The van der Waals surface area contributed by atoms with Crippen molar-refractivity contribution < 1.29 is 4.79 Å². The largest absolute Gasteiger partial charge is 0.373 e. The zero-order valence-corrected chi connectivity index (χ0v) is 13.5. The monoisotopic (exact) mass is 309 g/mol. The Kier molecular flexibility index (Phi) is 4.63. The quantitative estimate of drug-likeness (QED) is 0.861. The van der Waals surface area contributed by atoms with E-state index in [1.54, 1.807) is 0 Å². The normalized spacial score (nSPS) is 13.7. The van der Waals surface area contributed by atoms with Gasteiger partial charge in [0, 0.05) is 37.1 Å². The van der Waals surface area contributed by atoms with Crippen molar-refractivity contribution in [2.24, 2.45) is 5.73 Å². The molecule has 0 spiro atoms. The summed E-state index contributed by atoms with van der Waals surface area (Å²) in [6, 6.07) is 15.8. The number of carbonyl (C=O) groups excluding carboxylic acids is 1. The highest BCUT2D eigenvalue weighted by molar-refractivity contribution is 6.04. The fourth-order valence-corrected chi connectivity index (χ4v) is 2.65. The molecule has 1 aliphatic carbocycles. The fraction of sp³-hybridized carbons (Fsp3) is 0.316. The van der Waals surface area contributed by atoms with Crippen molar-refractivity contribution in [3.8, 4) is 0 Å². The van der Waals surface area contributed by atoms with Crippen LogP contribution in [0.5, 0.6) is 0 Å². The van der Waals surface area contributed by atoms with Crippen LogP contribution in [0.2, 0.25) is 0 Å². The summed E-state index contributed by atoms with van der Waals surface area (Å²) in [5.41, 5.74) is 9.48. The number of carbonyl (C=O) groups is 1. The first kappa shape index (κ1) is 15.6. The molecule has 0 aliphatic heterocycles. The average Bonchev–Trinajstić information content (AvgIpc) is 3.41. The lowest BCUT2D eigenvalue weighted by molar-refractivity contribution is 0.102. The molecule has 3 N–H and O–H groups in total. The van der Waals surface area contributed by atoms with Crippen LogP contribution in [0.25, 0.3) is 0 Å². The minimum Gasteiger partial charge on any atom is -0.373 e. The molecule has 0 saturated heterocycles. The number of hydrogen-bond acceptors (Lipinski definition) is 3. The summed E-state index contributed by atoms with van der Waals surface area (Å²) < 4.78 is 0. The van der Waals surface area contributed by atoms with Crippen molar-refractivity contribution in [3.05, 3.63) is 59.7 Å². The first-order valence-corrected chi connectivity index (χ1v) is 8.10. The summed E-state index contributed by atoms with van der Waals surface area (Å²) in [7, 11) is 1.99. The Bertz CT molecular complexity index is 660. The van der Waals surface area contributed by atoms with Gasteiger partial charge < -0.3 is 16.0 Å². The van der Waals surface area contributed by atoms with Crippen LogP contribution in [-0.2, 0) is 0 Å². The number of nitrogens with two attached hydrogens (primary N) is 1. The Morgan fingerprint density at radius 1 is 1.13 bits per heavy atom. The second-order valence-electron chi connectivity index (χ2n) is 6.11. The van der Waals surface area contributed by atoms with Gasteiger partial charge in [0.25, 0.3) is 5.91 Å². The zero-order valence-electron chi connectivity index (χ0n) is 13.5. The number of anilines is 2. The van der Waals surface area contributed by atoms with Crippen LogP contribution in [0.4, 0.5) is 11.4 Å². The van der Waals surface area contributed by atoms with E-state index in [2.05, 4.69) is 22.3 Å². The van der Waals surface area contributed by atoms with Gasteiger partial charge >= 0.3 is 0 Å². The summed E-state index contributed by atoms with van der Waals surface area (Å²) in [5, 5.41) is 2.95. The van der Waals surface area contributed by atoms with Crippen LogP contribution in [-0.4, -0.2) is 26.0 Å². The van der Waals surface area contributed by atoms with Gasteiger partial charge in [-0.25, -0.2) is 0 Å². The van der Waals surface area contributed by atoms with Crippen molar-refractivity contribution in [1.29, 1.82) is 0 Å². The molecule has 1 amide bonds. The van der Waals surface area contributed by atoms with Crippen molar-refractivity contribution in [3.63, 3.8) is 0 Å². The minimum atomic E-state index is -0.0859. The summed E-state index contributed by atoms with van der Waals surface area (Å²) >= 11 is 0. The Labute approximate surface area is 137 Å². The van der Waals surface area contributed by atoms with Crippen LogP contribution in [0.15, 0.2) is 48.5 Å². The third kappa shape index (κ3) is 3.90. The van der Waals surface area contributed by atoms with Crippen molar-refractivity contribution in [1.82, 2.24) is 0 Å². The zero-order chi connectivity index (χ0) is 16.2. The fourth-order valence-electron chi connectivity index (χ4n) is 2.65. The molecular weight excluding hydrogens is 286 g/mol. The number of nitrogens with zero attached hydrogens (tertiary/aromatic N) is 1. The molecule has 3 rings (SSSR count). The lowest BCUT2D eigenvalue weighted by Crippen LogP contribution is -2.24. The molecule has 2 aromatic rings. The highest BCUT2D eigenvalue weighted by atomic mass is 16.1. The molecule has 0 aromatic heterocycles. The number of rotatable bonds is 6. The molecule has 1 saturated carbocycles. The first-order valence-electron chi connectivity index (χ1n) is 8.10. The Morgan fingerprint density at radius 3 is 2.35 bits per heavy atom. The van der Waals surface area contributed by atoms with Crippen LogP contribution in [0, 0.1) is 0 Å². The topological polar surface area (TPSA) is 58.4 Å². The number of likely N-dealkylation sites (N-methyl/N-ethyl adjacent to an activating group) is 1. The van der Waals surface area contributed by atoms with Crippen molar-refractivity contribution in [2.45, 2.75) is 18.8 Å². The Hall–Kier alpha value is -2.33. The highest BCUT2D eigenvalue weighted by Crippen LogP contribution is 2.40. The molecule has 0 heterocycles. The molecule has 0 bridgehead atoms. The summed E-state index contributed by atoms with van der Waals surface area (Å²) in [6.07, 6.45) is 2.58. The van der Waals surface area contributed by atoms with Crippen LogP contribution < -0.4 is 16.0 Å². The smallest absolute Gasteiger partial charge is 0.255 e. The van der Waals surface area contributed by atoms with E-state index in [1.165, 1.54) is 18.4 Å². The lowest BCUT2D eigenvalue weighted by atomic mass is 10.1. The molecule has 4 nitrogen and oxygen atoms in total. The predicted octanol–water partition coefficient (Wildman–Crippen LogP) is 3.21. The maximum Gasteiger partial charge on any atom is 0.255 e. The van der Waals surface area contributed by atoms with Gasteiger partial charge in [0.1, 0.15) is 0 Å². The van der Waals surface area contributed by atoms with Gasteiger partial charge in [-0.3, -0.25) is 4.79 Å². The van der Waals surface area contributed by atoms with E-state index in [0.29, 0.717) is 12.1 Å². The summed E-state index contributed by atoms with van der Waals surface area (Å²) in [6.45, 7) is 1.40. The molecule has 4 heteroatoms. The molecule has 1 fully saturated rings. The van der Waals surface area contributed by atoms with E-state index >= 15 is 0 Å². The molecule has 0 radical (unpaired) electrons.